The molecule has 37 heavy (non-hydrogen) atoms. The van der Waals surface area contributed by atoms with Crippen LogP contribution in [0.1, 0.15) is 44.9 Å². The normalized spacial score (nSPS) is 13.9. The van der Waals surface area contributed by atoms with Crippen LogP contribution in [0.4, 0.5) is 5.82 Å². The highest BCUT2D eigenvalue weighted by Crippen LogP contribution is 2.22. The summed E-state index contributed by atoms with van der Waals surface area (Å²) in [5.41, 5.74) is 8.48. The van der Waals surface area contributed by atoms with Crippen molar-refractivity contribution in [2.45, 2.75) is 33.2 Å². The Morgan fingerprint density at radius 3 is 2.24 bits per heavy atom. The molecular formula is C32H33N5. The van der Waals surface area contributed by atoms with Gasteiger partial charge in [0.25, 0.3) is 0 Å². The lowest BCUT2D eigenvalue weighted by Gasteiger charge is -2.35. The van der Waals surface area contributed by atoms with Crippen molar-refractivity contribution in [1.82, 2.24) is 19.9 Å². The number of hydrogen-bond acceptors (Lipinski definition) is 5. The van der Waals surface area contributed by atoms with Gasteiger partial charge in [0.05, 0.1) is 0 Å². The molecule has 1 aliphatic rings. The highest BCUT2D eigenvalue weighted by Gasteiger charge is 2.18. The number of aromatic nitrogens is 3. The van der Waals surface area contributed by atoms with Crippen LogP contribution in [0.3, 0.4) is 0 Å². The Hall–Kier alpha value is -4.01. The smallest absolute Gasteiger partial charge is 0.132 e. The third-order valence-electron chi connectivity index (χ3n) is 7.11. The minimum Gasteiger partial charge on any atom is -0.354 e. The van der Waals surface area contributed by atoms with Crippen LogP contribution in [-0.4, -0.2) is 46.0 Å². The summed E-state index contributed by atoms with van der Waals surface area (Å²) in [6, 6.07) is 20.9. The molecule has 1 fully saturated rings. The molecule has 2 aromatic heterocycles. The number of nitrogens with zero attached hydrogens (tertiary/aromatic N) is 5. The van der Waals surface area contributed by atoms with E-state index in [0.29, 0.717) is 6.42 Å². The zero-order valence-corrected chi connectivity index (χ0v) is 21.7. The molecule has 0 unspecified atom stereocenters. The number of benzene rings is 2. The van der Waals surface area contributed by atoms with E-state index >= 15 is 0 Å². The van der Waals surface area contributed by atoms with E-state index in [1.54, 1.807) is 0 Å². The van der Waals surface area contributed by atoms with Gasteiger partial charge in [0, 0.05) is 69.2 Å². The topological polar surface area (TPSA) is 45.2 Å². The van der Waals surface area contributed by atoms with Crippen LogP contribution in [0, 0.1) is 26.2 Å². The summed E-state index contributed by atoms with van der Waals surface area (Å²) in [6.07, 6.45) is 10.7. The molecule has 5 nitrogen and oxygen atoms in total. The molecule has 186 valence electrons. The van der Waals surface area contributed by atoms with Crippen LogP contribution < -0.4 is 4.90 Å². The Morgan fingerprint density at radius 2 is 1.57 bits per heavy atom. The van der Waals surface area contributed by atoms with E-state index in [-0.39, 0.29) is 0 Å². The lowest BCUT2D eigenvalue weighted by molar-refractivity contribution is 0.249. The van der Waals surface area contributed by atoms with Crippen LogP contribution in [0.15, 0.2) is 73.1 Å². The summed E-state index contributed by atoms with van der Waals surface area (Å²) in [5, 5.41) is 0. The van der Waals surface area contributed by atoms with Gasteiger partial charge in [-0.1, -0.05) is 36.3 Å². The molecule has 1 aliphatic heterocycles. The molecule has 0 aliphatic carbocycles. The van der Waals surface area contributed by atoms with Crippen LogP contribution in [0.25, 0.3) is 0 Å². The average Bonchev–Trinajstić information content (AvgIpc) is 2.92. The highest BCUT2D eigenvalue weighted by molar-refractivity contribution is 5.41. The van der Waals surface area contributed by atoms with E-state index < -0.39 is 0 Å². The monoisotopic (exact) mass is 487 g/mol. The summed E-state index contributed by atoms with van der Waals surface area (Å²) in [4.78, 5) is 18.8. The van der Waals surface area contributed by atoms with Crippen molar-refractivity contribution < 1.29 is 0 Å². The van der Waals surface area contributed by atoms with Crippen molar-refractivity contribution >= 4 is 5.82 Å². The first-order chi connectivity index (χ1) is 18.1. The van der Waals surface area contributed by atoms with Crippen molar-refractivity contribution in [3.8, 4) is 12.3 Å². The summed E-state index contributed by atoms with van der Waals surface area (Å²) in [6.45, 7) is 9.54. The van der Waals surface area contributed by atoms with Crippen molar-refractivity contribution in [1.29, 1.82) is 0 Å². The molecule has 0 radical (unpaired) electrons. The Kier molecular flexibility index (Phi) is 7.58. The molecule has 0 amide bonds. The van der Waals surface area contributed by atoms with Gasteiger partial charge in [-0.15, -0.1) is 6.42 Å². The zero-order valence-electron chi connectivity index (χ0n) is 21.7. The minimum atomic E-state index is 0.698. The first-order valence-corrected chi connectivity index (χ1v) is 12.9. The maximum atomic E-state index is 5.47. The molecule has 0 N–H and O–H groups in total. The number of terminal acetylenes is 1. The van der Waals surface area contributed by atoms with Gasteiger partial charge in [-0.05, 0) is 72.0 Å². The predicted molar refractivity (Wildman–Crippen MR) is 150 cm³/mol. The Morgan fingerprint density at radius 1 is 0.811 bits per heavy atom. The van der Waals surface area contributed by atoms with E-state index in [4.69, 9.17) is 11.4 Å². The van der Waals surface area contributed by atoms with E-state index in [9.17, 15) is 0 Å². The molecule has 5 rings (SSSR count). The van der Waals surface area contributed by atoms with E-state index in [1.807, 2.05) is 36.7 Å². The minimum absolute atomic E-state index is 0.698. The maximum Gasteiger partial charge on any atom is 0.132 e. The van der Waals surface area contributed by atoms with Gasteiger partial charge in [-0.25, -0.2) is 15.0 Å². The first-order valence-electron chi connectivity index (χ1n) is 12.9. The molecule has 3 heterocycles. The fourth-order valence-electron chi connectivity index (χ4n) is 5.09. The number of rotatable bonds is 7. The SMILES string of the molecule is C#Cc1ccc(Cc2nccc(Cc3c(C)cc(CN4CCN(c5ccccn5)CC4)cc3C)n2)cc1. The second kappa shape index (κ2) is 11.4. The lowest BCUT2D eigenvalue weighted by atomic mass is 9.95. The van der Waals surface area contributed by atoms with Crippen molar-refractivity contribution in [3.63, 3.8) is 0 Å². The average molecular weight is 488 g/mol. The fraction of sp³-hybridized carbons (Fsp3) is 0.281. The molecule has 1 saturated heterocycles. The Labute approximate surface area is 220 Å². The molecule has 0 atom stereocenters. The van der Waals surface area contributed by atoms with Crippen LogP contribution in [0.2, 0.25) is 0 Å². The number of pyridine rings is 1. The fourth-order valence-corrected chi connectivity index (χ4v) is 5.09. The van der Waals surface area contributed by atoms with Gasteiger partial charge in [-0.3, -0.25) is 4.90 Å². The van der Waals surface area contributed by atoms with Gasteiger partial charge in [0.2, 0.25) is 0 Å². The molecule has 5 heteroatoms. The predicted octanol–water partition coefficient (Wildman–Crippen LogP) is 4.97. The van der Waals surface area contributed by atoms with Gasteiger partial charge < -0.3 is 4.90 Å². The van der Waals surface area contributed by atoms with Crippen LogP contribution in [-0.2, 0) is 19.4 Å². The molecule has 4 aromatic rings. The zero-order chi connectivity index (χ0) is 25.6. The quantitative estimate of drug-likeness (QED) is 0.344. The van der Waals surface area contributed by atoms with Crippen molar-refractivity contribution in [2.75, 3.05) is 31.1 Å². The number of anilines is 1. The summed E-state index contributed by atoms with van der Waals surface area (Å²) in [7, 11) is 0. The number of hydrogen-bond donors (Lipinski definition) is 0. The Bertz CT molecular complexity index is 1360. The molecular weight excluding hydrogens is 454 g/mol. The van der Waals surface area contributed by atoms with E-state index in [2.05, 4.69) is 75.9 Å². The van der Waals surface area contributed by atoms with Gasteiger partial charge >= 0.3 is 0 Å². The van der Waals surface area contributed by atoms with E-state index in [1.165, 1.54) is 22.3 Å². The van der Waals surface area contributed by atoms with Gasteiger partial charge in [0.15, 0.2) is 0 Å². The largest absolute Gasteiger partial charge is 0.354 e. The third kappa shape index (κ3) is 6.22. The summed E-state index contributed by atoms with van der Waals surface area (Å²) >= 11 is 0. The van der Waals surface area contributed by atoms with Crippen molar-refractivity contribution in [3.05, 3.63) is 118 Å². The lowest BCUT2D eigenvalue weighted by Crippen LogP contribution is -2.46. The van der Waals surface area contributed by atoms with E-state index in [0.717, 1.165) is 67.6 Å². The second-order valence-electron chi connectivity index (χ2n) is 9.82. The number of aryl methyl sites for hydroxylation is 2. The Balaban J connectivity index is 1.22. The summed E-state index contributed by atoms with van der Waals surface area (Å²) < 4.78 is 0. The number of piperazine rings is 1. The molecule has 0 saturated carbocycles. The molecule has 2 aromatic carbocycles. The summed E-state index contributed by atoms with van der Waals surface area (Å²) in [5.74, 6) is 4.57. The van der Waals surface area contributed by atoms with Crippen LogP contribution >= 0.6 is 0 Å². The maximum absolute atomic E-state index is 5.47. The molecule has 0 bridgehead atoms. The highest BCUT2D eigenvalue weighted by atomic mass is 15.3. The third-order valence-corrected chi connectivity index (χ3v) is 7.11. The van der Waals surface area contributed by atoms with Gasteiger partial charge in [0.1, 0.15) is 11.6 Å². The van der Waals surface area contributed by atoms with Gasteiger partial charge in [-0.2, -0.15) is 0 Å². The second-order valence-corrected chi connectivity index (χ2v) is 9.82. The molecule has 0 spiro atoms. The van der Waals surface area contributed by atoms with Crippen molar-refractivity contribution in [2.24, 2.45) is 0 Å². The standard InChI is InChI=1S/C32H33N5/c1-4-26-8-10-27(11-9-26)21-31-33-14-12-29(35-31)22-30-24(2)19-28(20-25(30)3)23-36-15-17-37(18-16-36)32-7-5-6-13-34-32/h1,5-14,19-20H,15-18,21-23H2,2-3H3. The van der Waals surface area contributed by atoms with Crippen LogP contribution in [0.5, 0.6) is 0 Å². The first kappa shape index (κ1) is 24.7.